The average molecular weight is 316 g/mol. The topological polar surface area (TPSA) is 57.2 Å². The second-order valence-corrected chi connectivity index (χ2v) is 4.18. The van der Waals surface area contributed by atoms with Crippen LogP contribution in [0.1, 0.15) is 0 Å². The molecule has 0 aliphatic carbocycles. The summed E-state index contributed by atoms with van der Waals surface area (Å²) in [6.45, 7) is 0.961. The molecule has 0 radical (unpaired) electrons. The fourth-order valence-electron chi connectivity index (χ4n) is 1.66. The van der Waals surface area contributed by atoms with Crippen molar-refractivity contribution in [2.75, 3.05) is 24.6 Å². The van der Waals surface area contributed by atoms with Crippen LogP contribution in [-0.2, 0) is 18.9 Å². The first-order chi connectivity index (χ1) is 6.83. The molecule has 0 unspecified atom stereocenters. The molecule has 0 aromatic carbocycles. The Kier molecular flexibility index (Phi) is 3.97. The molecule has 2 aliphatic rings. The maximum absolute atomic E-state index is 9.71. The van der Waals surface area contributed by atoms with E-state index < -0.39 is 6.10 Å². The maximum Gasteiger partial charge on any atom is 0.147 e. The van der Waals surface area contributed by atoms with Crippen molar-refractivity contribution in [2.45, 2.75) is 24.4 Å². The highest BCUT2D eigenvalue weighted by Gasteiger charge is 2.41. The minimum Gasteiger partial charge on any atom is -0.390 e. The van der Waals surface area contributed by atoms with Crippen LogP contribution in [-0.4, -0.2) is 54.1 Å². The number of ether oxygens (including phenoxy) is 4. The van der Waals surface area contributed by atoms with E-state index in [1.807, 2.05) is 0 Å². The van der Waals surface area contributed by atoms with Gasteiger partial charge in [0, 0.05) is 4.43 Å². The first-order valence-electron chi connectivity index (χ1n) is 4.49. The number of halogens is 1. The Morgan fingerprint density at radius 2 is 2.14 bits per heavy atom. The normalized spacial score (nSPS) is 40.3. The van der Waals surface area contributed by atoms with Crippen LogP contribution >= 0.6 is 22.6 Å². The molecule has 0 aromatic rings. The lowest BCUT2D eigenvalue weighted by Crippen LogP contribution is -2.57. The zero-order valence-electron chi connectivity index (χ0n) is 7.60. The standard InChI is InChI=1S/C8H13IO5/c9-1-5(10)7-8-6(12-4-14-7)2-11-3-13-8/h5-8,10H,1-4H2/t5-,6+,7+,8-/m1/s1. The van der Waals surface area contributed by atoms with Gasteiger partial charge in [-0.3, -0.25) is 0 Å². The Morgan fingerprint density at radius 1 is 1.29 bits per heavy atom. The zero-order chi connectivity index (χ0) is 9.97. The summed E-state index contributed by atoms with van der Waals surface area (Å²) in [6.07, 6.45) is -1.12. The van der Waals surface area contributed by atoms with Crippen molar-refractivity contribution >= 4 is 22.6 Å². The molecule has 0 saturated carbocycles. The van der Waals surface area contributed by atoms with E-state index in [-0.39, 0.29) is 31.9 Å². The molecule has 2 fully saturated rings. The summed E-state index contributed by atoms with van der Waals surface area (Å²) in [6, 6.07) is 0. The van der Waals surface area contributed by atoms with Crippen LogP contribution in [0, 0.1) is 0 Å². The lowest BCUT2D eigenvalue weighted by molar-refractivity contribution is -0.311. The number of rotatable bonds is 2. The molecule has 0 bridgehead atoms. The number of hydrogen-bond donors (Lipinski definition) is 1. The molecular formula is C8H13IO5. The third-order valence-electron chi connectivity index (χ3n) is 2.40. The Morgan fingerprint density at radius 3 is 2.93 bits per heavy atom. The van der Waals surface area contributed by atoms with Crippen LogP contribution in [0.4, 0.5) is 0 Å². The van der Waals surface area contributed by atoms with Gasteiger partial charge in [-0.25, -0.2) is 0 Å². The highest BCUT2D eigenvalue weighted by Crippen LogP contribution is 2.24. The Balaban J connectivity index is 2.01. The number of alkyl halides is 1. The van der Waals surface area contributed by atoms with Crippen molar-refractivity contribution in [3.8, 4) is 0 Å². The SMILES string of the molecule is O[C@H](CI)[C@@H]1OCO[C@H]2COCO[C@@H]12. The van der Waals surface area contributed by atoms with E-state index >= 15 is 0 Å². The van der Waals surface area contributed by atoms with Crippen molar-refractivity contribution in [2.24, 2.45) is 0 Å². The molecule has 1 N–H and O–H groups in total. The Labute approximate surface area is 95.8 Å². The molecule has 2 saturated heterocycles. The molecule has 0 amide bonds. The second-order valence-electron chi connectivity index (χ2n) is 3.30. The van der Waals surface area contributed by atoms with Crippen molar-refractivity contribution in [1.82, 2.24) is 0 Å². The summed E-state index contributed by atoms with van der Waals surface area (Å²) in [5.41, 5.74) is 0. The molecule has 2 heterocycles. The van der Waals surface area contributed by atoms with Crippen LogP contribution in [0.25, 0.3) is 0 Å². The Bertz CT molecular complexity index is 187. The van der Waals surface area contributed by atoms with Gasteiger partial charge in [-0.1, -0.05) is 22.6 Å². The predicted octanol–water partition coefficient (Wildman–Crippen LogP) is -0.103. The maximum atomic E-state index is 9.71. The van der Waals surface area contributed by atoms with Gasteiger partial charge in [0.15, 0.2) is 0 Å². The third kappa shape index (κ3) is 2.20. The molecule has 4 atom stereocenters. The van der Waals surface area contributed by atoms with E-state index in [0.29, 0.717) is 11.0 Å². The summed E-state index contributed by atoms with van der Waals surface area (Å²) >= 11 is 2.12. The summed E-state index contributed by atoms with van der Waals surface area (Å²) in [5.74, 6) is 0. The average Bonchev–Trinajstić information content (AvgIpc) is 2.27. The molecule has 0 aromatic heterocycles. The van der Waals surface area contributed by atoms with Gasteiger partial charge in [0.05, 0.1) is 12.7 Å². The summed E-state index contributed by atoms with van der Waals surface area (Å²) in [7, 11) is 0. The van der Waals surface area contributed by atoms with Gasteiger partial charge in [-0.15, -0.1) is 0 Å². The van der Waals surface area contributed by atoms with E-state index in [4.69, 9.17) is 18.9 Å². The van der Waals surface area contributed by atoms with Gasteiger partial charge in [-0.2, -0.15) is 0 Å². The molecule has 2 rings (SSSR count). The van der Waals surface area contributed by atoms with Gasteiger partial charge in [0.2, 0.25) is 0 Å². The van der Waals surface area contributed by atoms with E-state index in [2.05, 4.69) is 22.6 Å². The molecule has 2 aliphatic heterocycles. The monoisotopic (exact) mass is 316 g/mol. The van der Waals surface area contributed by atoms with Gasteiger partial charge >= 0.3 is 0 Å². The highest BCUT2D eigenvalue weighted by molar-refractivity contribution is 14.1. The van der Waals surface area contributed by atoms with Crippen LogP contribution in [0.15, 0.2) is 0 Å². The smallest absolute Gasteiger partial charge is 0.147 e. The number of hydrogen-bond acceptors (Lipinski definition) is 5. The number of aliphatic hydroxyl groups excluding tert-OH is 1. The van der Waals surface area contributed by atoms with Gasteiger partial charge in [0.1, 0.15) is 31.9 Å². The number of fused-ring (bicyclic) bond motifs is 1. The summed E-state index contributed by atoms with van der Waals surface area (Å²) < 4.78 is 21.8. The number of aliphatic hydroxyl groups is 1. The van der Waals surface area contributed by atoms with Gasteiger partial charge < -0.3 is 24.1 Å². The molecule has 0 spiro atoms. The van der Waals surface area contributed by atoms with Gasteiger partial charge in [-0.05, 0) is 0 Å². The van der Waals surface area contributed by atoms with Crippen molar-refractivity contribution < 1.29 is 24.1 Å². The molecule has 82 valence electrons. The van der Waals surface area contributed by atoms with Crippen LogP contribution in [0.2, 0.25) is 0 Å². The first kappa shape index (κ1) is 11.0. The first-order valence-corrected chi connectivity index (χ1v) is 6.02. The van der Waals surface area contributed by atoms with E-state index in [0.717, 1.165) is 0 Å². The minimum atomic E-state index is -0.509. The van der Waals surface area contributed by atoms with E-state index in [9.17, 15) is 5.11 Å². The van der Waals surface area contributed by atoms with Crippen molar-refractivity contribution in [3.63, 3.8) is 0 Å². The van der Waals surface area contributed by atoms with E-state index in [1.165, 1.54) is 0 Å². The summed E-state index contributed by atoms with van der Waals surface area (Å²) in [5, 5.41) is 9.71. The summed E-state index contributed by atoms with van der Waals surface area (Å²) in [4.78, 5) is 0. The van der Waals surface area contributed by atoms with Crippen molar-refractivity contribution in [1.29, 1.82) is 0 Å². The fraction of sp³-hybridized carbons (Fsp3) is 1.00. The predicted molar refractivity (Wildman–Crippen MR) is 55.2 cm³/mol. The van der Waals surface area contributed by atoms with Crippen LogP contribution in [0.3, 0.4) is 0 Å². The molecule has 5 nitrogen and oxygen atoms in total. The molecule has 6 heteroatoms. The fourth-order valence-corrected chi connectivity index (χ4v) is 2.16. The lowest BCUT2D eigenvalue weighted by atomic mass is 10.0. The van der Waals surface area contributed by atoms with Crippen molar-refractivity contribution in [3.05, 3.63) is 0 Å². The minimum absolute atomic E-state index is 0.111. The quantitative estimate of drug-likeness (QED) is 0.569. The molecule has 14 heavy (non-hydrogen) atoms. The van der Waals surface area contributed by atoms with E-state index in [1.54, 1.807) is 0 Å². The van der Waals surface area contributed by atoms with Gasteiger partial charge in [0.25, 0.3) is 0 Å². The lowest BCUT2D eigenvalue weighted by Gasteiger charge is -2.41. The third-order valence-corrected chi connectivity index (χ3v) is 3.30. The zero-order valence-corrected chi connectivity index (χ0v) is 9.75. The van der Waals surface area contributed by atoms with Crippen LogP contribution < -0.4 is 0 Å². The second kappa shape index (κ2) is 5.04. The van der Waals surface area contributed by atoms with Crippen LogP contribution in [0.5, 0.6) is 0 Å². The Hall–Kier alpha value is 0.530. The largest absolute Gasteiger partial charge is 0.390 e. The highest BCUT2D eigenvalue weighted by atomic mass is 127. The molecular weight excluding hydrogens is 303 g/mol.